The molecule has 6 nitrogen and oxygen atoms in total. The number of aromatic nitrogens is 1. The number of hydrogen-bond acceptors (Lipinski definition) is 5. The van der Waals surface area contributed by atoms with Gasteiger partial charge in [0.15, 0.2) is 0 Å². The van der Waals surface area contributed by atoms with Gasteiger partial charge in [-0.1, -0.05) is 31.4 Å². The van der Waals surface area contributed by atoms with Crippen molar-refractivity contribution in [2.75, 3.05) is 32.5 Å². The average molecular weight is 423 g/mol. The van der Waals surface area contributed by atoms with Crippen LogP contribution in [-0.4, -0.2) is 48.6 Å². The smallest absolute Gasteiger partial charge is 0.253 e. The van der Waals surface area contributed by atoms with E-state index in [4.69, 9.17) is 10.5 Å². The zero-order valence-corrected chi connectivity index (χ0v) is 18.5. The van der Waals surface area contributed by atoms with Crippen LogP contribution in [0.4, 0.5) is 5.69 Å². The Balaban J connectivity index is 1.36. The number of carbonyl (C=O) groups excluding carboxylic acids is 1. The molecule has 166 valence electrons. The van der Waals surface area contributed by atoms with E-state index in [1.54, 1.807) is 25.6 Å². The van der Waals surface area contributed by atoms with Gasteiger partial charge in [-0.15, -0.1) is 0 Å². The molecule has 31 heavy (non-hydrogen) atoms. The van der Waals surface area contributed by atoms with Crippen molar-refractivity contribution in [3.8, 4) is 5.75 Å². The molecule has 0 unspecified atom stereocenters. The minimum Gasteiger partial charge on any atom is -0.497 e. The zero-order valence-electron chi connectivity index (χ0n) is 18.5. The number of nitrogen functional groups attached to an aromatic ring is 1. The Bertz CT molecular complexity index is 869. The van der Waals surface area contributed by atoms with Gasteiger partial charge in [-0.2, -0.15) is 0 Å². The minimum atomic E-state index is -0.0831. The highest BCUT2D eigenvalue weighted by atomic mass is 16.5. The lowest BCUT2D eigenvalue weighted by molar-refractivity contribution is 0.0891. The van der Waals surface area contributed by atoms with Gasteiger partial charge in [0.05, 0.1) is 18.4 Å². The monoisotopic (exact) mass is 422 g/mol. The number of ether oxygens (including phenoxy) is 1. The SMILES string of the molecule is COc1ccc(C2(CN3CCC(NC(=O)c4cncc(N)c4)CC3)CCCCC2)cc1. The molecule has 6 heteroatoms. The second-order valence-corrected chi connectivity index (χ2v) is 9.10. The van der Waals surface area contributed by atoms with Crippen LogP contribution < -0.4 is 15.8 Å². The molecule has 4 rings (SSSR count). The molecular weight excluding hydrogens is 388 g/mol. The number of methoxy groups -OCH3 is 1. The van der Waals surface area contributed by atoms with E-state index in [9.17, 15) is 4.79 Å². The number of pyridine rings is 1. The Hall–Kier alpha value is -2.60. The fraction of sp³-hybridized carbons (Fsp3) is 0.520. The minimum absolute atomic E-state index is 0.0831. The van der Waals surface area contributed by atoms with Gasteiger partial charge in [0, 0.05) is 43.5 Å². The van der Waals surface area contributed by atoms with Crippen molar-refractivity contribution in [3.63, 3.8) is 0 Å². The summed E-state index contributed by atoms with van der Waals surface area (Å²) in [6, 6.07) is 10.6. The maximum Gasteiger partial charge on any atom is 0.253 e. The van der Waals surface area contributed by atoms with Crippen LogP contribution in [0, 0.1) is 0 Å². The number of nitrogens with one attached hydrogen (secondary N) is 1. The predicted molar refractivity (Wildman–Crippen MR) is 123 cm³/mol. The molecule has 0 radical (unpaired) electrons. The average Bonchev–Trinajstić information content (AvgIpc) is 2.81. The Labute approximate surface area is 185 Å². The Morgan fingerprint density at radius 3 is 2.52 bits per heavy atom. The van der Waals surface area contributed by atoms with Crippen LogP contribution in [0.5, 0.6) is 5.75 Å². The second kappa shape index (κ2) is 9.69. The van der Waals surface area contributed by atoms with E-state index in [-0.39, 0.29) is 17.4 Å². The Kier molecular flexibility index (Phi) is 6.76. The third-order valence-electron chi connectivity index (χ3n) is 6.98. The molecule has 0 bridgehead atoms. The lowest BCUT2D eigenvalue weighted by Crippen LogP contribution is -2.49. The van der Waals surface area contributed by atoms with Gasteiger partial charge in [0.25, 0.3) is 5.91 Å². The number of rotatable bonds is 6. The first-order valence-corrected chi connectivity index (χ1v) is 11.5. The summed E-state index contributed by atoms with van der Waals surface area (Å²) in [5.74, 6) is 0.835. The van der Waals surface area contributed by atoms with E-state index in [1.165, 1.54) is 37.7 Å². The van der Waals surface area contributed by atoms with E-state index in [2.05, 4.69) is 39.5 Å². The van der Waals surface area contributed by atoms with Crippen LogP contribution in [0.25, 0.3) is 0 Å². The van der Waals surface area contributed by atoms with Crippen LogP contribution in [0.1, 0.15) is 60.9 Å². The molecule has 1 saturated carbocycles. The van der Waals surface area contributed by atoms with E-state index in [0.29, 0.717) is 11.3 Å². The predicted octanol–water partition coefficient (Wildman–Crippen LogP) is 3.77. The molecule has 1 aliphatic carbocycles. The fourth-order valence-electron chi connectivity index (χ4n) is 5.23. The van der Waals surface area contributed by atoms with Gasteiger partial charge in [0.1, 0.15) is 5.75 Å². The molecule has 1 aromatic carbocycles. The standard InChI is InChI=1S/C25H34N4O2/c1-31-23-7-5-20(6-8-23)25(11-3-2-4-12-25)18-29-13-9-22(10-14-29)28-24(30)19-15-21(26)17-27-16-19/h5-8,15-17,22H,2-4,9-14,18,26H2,1H3,(H,28,30). The Morgan fingerprint density at radius 1 is 1.16 bits per heavy atom. The summed E-state index contributed by atoms with van der Waals surface area (Å²) in [5.41, 5.74) is 8.47. The van der Waals surface area contributed by atoms with Crippen LogP contribution in [0.3, 0.4) is 0 Å². The summed E-state index contributed by atoms with van der Waals surface area (Å²) >= 11 is 0. The summed E-state index contributed by atoms with van der Waals surface area (Å²) in [5, 5.41) is 3.17. The van der Waals surface area contributed by atoms with Gasteiger partial charge in [-0.25, -0.2) is 0 Å². The van der Waals surface area contributed by atoms with Gasteiger partial charge in [-0.05, 0) is 49.4 Å². The summed E-state index contributed by atoms with van der Waals surface area (Å²) in [6.45, 7) is 3.12. The number of likely N-dealkylation sites (tertiary alicyclic amines) is 1. The number of anilines is 1. The summed E-state index contributed by atoms with van der Waals surface area (Å²) in [6.07, 6.45) is 11.5. The fourth-order valence-corrected chi connectivity index (χ4v) is 5.23. The van der Waals surface area contributed by atoms with E-state index in [1.807, 2.05) is 0 Å². The number of piperidine rings is 1. The highest BCUT2D eigenvalue weighted by molar-refractivity contribution is 5.94. The Morgan fingerprint density at radius 2 is 1.87 bits per heavy atom. The number of nitrogens with zero attached hydrogens (tertiary/aromatic N) is 2. The number of carbonyl (C=O) groups is 1. The number of amides is 1. The van der Waals surface area contributed by atoms with Crippen molar-refractivity contribution in [1.82, 2.24) is 15.2 Å². The van der Waals surface area contributed by atoms with Crippen molar-refractivity contribution in [1.29, 1.82) is 0 Å². The first-order valence-electron chi connectivity index (χ1n) is 11.5. The molecule has 1 aromatic heterocycles. The van der Waals surface area contributed by atoms with Crippen molar-refractivity contribution >= 4 is 11.6 Å². The molecule has 1 aliphatic heterocycles. The van der Waals surface area contributed by atoms with Crippen LogP contribution >= 0.6 is 0 Å². The number of hydrogen-bond donors (Lipinski definition) is 2. The third-order valence-corrected chi connectivity index (χ3v) is 6.98. The normalized spacial score (nSPS) is 19.6. The molecule has 3 N–H and O–H groups in total. The molecule has 2 aliphatic rings. The largest absolute Gasteiger partial charge is 0.497 e. The molecular formula is C25H34N4O2. The molecule has 2 aromatic rings. The van der Waals surface area contributed by atoms with E-state index < -0.39 is 0 Å². The van der Waals surface area contributed by atoms with Crippen LogP contribution in [0.15, 0.2) is 42.7 Å². The molecule has 2 heterocycles. The zero-order chi connectivity index (χ0) is 21.7. The van der Waals surface area contributed by atoms with Crippen molar-refractivity contribution in [2.45, 2.75) is 56.4 Å². The van der Waals surface area contributed by atoms with Crippen molar-refractivity contribution in [2.24, 2.45) is 0 Å². The van der Waals surface area contributed by atoms with Crippen molar-refractivity contribution in [3.05, 3.63) is 53.9 Å². The second-order valence-electron chi connectivity index (χ2n) is 9.10. The first kappa shape index (κ1) is 21.6. The quantitative estimate of drug-likeness (QED) is 0.741. The lowest BCUT2D eigenvalue weighted by Gasteiger charge is -2.44. The number of nitrogens with two attached hydrogens (primary N) is 1. The molecule has 1 amide bonds. The highest BCUT2D eigenvalue weighted by Crippen LogP contribution is 2.41. The topological polar surface area (TPSA) is 80.5 Å². The van der Waals surface area contributed by atoms with Gasteiger partial charge in [0.2, 0.25) is 0 Å². The highest BCUT2D eigenvalue weighted by Gasteiger charge is 2.36. The molecule has 1 saturated heterocycles. The van der Waals surface area contributed by atoms with Crippen molar-refractivity contribution < 1.29 is 9.53 Å². The summed E-state index contributed by atoms with van der Waals surface area (Å²) in [7, 11) is 1.72. The maximum atomic E-state index is 12.5. The molecule has 0 spiro atoms. The van der Waals surface area contributed by atoms with Gasteiger partial charge in [-0.3, -0.25) is 9.78 Å². The van der Waals surface area contributed by atoms with Crippen LogP contribution in [0.2, 0.25) is 0 Å². The third kappa shape index (κ3) is 5.18. The molecule has 2 fully saturated rings. The van der Waals surface area contributed by atoms with E-state index >= 15 is 0 Å². The summed E-state index contributed by atoms with van der Waals surface area (Å²) < 4.78 is 5.37. The first-order chi connectivity index (χ1) is 15.1. The summed E-state index contributed by atoms with van der Waals surface area (Å²) in [4.78, 5) is 19.1. The van der Waals surface area contributed by atoms with Crippen LogP contribution in [-0.2, 0) is 5.41 Å². The number of benzene rings is 1. The maximum absolute atomic E-state index is 12.5. The van der Waals surface area contributed by atoms with E-state index in [0.717, 1.165) is 38.2 Å². The molecule has 0 atom stereocenters. The van der Waals surface area contributed by atoms with Gasteiger partial charge >= 0.3 is 0 Å². The lowest BCUT2D eigenvalue weighted by atomic mass is 9.69. The van der Waals surface area contributed by atoms with Gasteiger partial charge < -0.3 is 20.7 Å².